The Hall–Kier alpha value is -1.21. The Morgan fingerprint density at radius 1 is 1.40 bits per heavy atom. The van der Waals surface area contributed by atoms with Crippen LogP contribution in [0.4, 0.5) is 5.82 Å². The summed E-state index contributed by atoms with van der Waals surface area (Å²) in [5.41, 5.74) is 1.66. The highest BCUT2D eigenvalue weighted by Crippen LogP contribution is 2.21. The van der Waals surface area contributed by atoms with Crippen LogP contribution in [0.1, 0.15) is 11.3 Å². The second-order valence-electron chi connectivity index (χ2n) is 3.54. The SMILES string of the molecule is Cc1ccc(C#N)c(N2CCSCC2)n1. The lowest BCUT2D eigenvalue weighted by molar-refractivity contribution is 0.833. The second kappa shape index (κ2) is 4.54. The van der Waals surface area contributed by atoms with Crippen molar-refractivity contribution in [2.75, 3.05) is 29.5 Å². The van der Waals surface area contributed by atoms with Crippen LogP contribution in [0.25, 0.3) is 0 Å². The van der Waals surface area contributed by atoms with Crippen LogP contribution in [0.5, 0.6) is 0 Å². The molecule has 4 heteroatoms. The Morgan fingerprint density at radius 2 is 2.13 bits per heavy atom. The van der Waals surface area contributed by atoms with Gasteiger partial charge in [0.05, 0.1) is 5.56 Å². The first-order valence-corrected chi connectivity index (χ1v) is 6.17. The van der Waals surface area contributed by atoms with Crippen LogP contribution in [0.15, 0.2) is 12.1 Å². The van der Waals surface area contributed by atoms with E-state index in [2.05, 4.69) is 16.0 Å². The lowest BCUT2D eigenvalue weighted by atomic mass is 10.2. The number of hydrogen-bond donors (Lipinski definition) is 0. The summed E-state index contributed by atoms with van der Waals surface area (Å²) in [5.74, 6) is 3.11. The predicted molar refractivity (Wildman–Crippen MR) is 63.2 cm³/mol. The molecule has 0 atom stereocenters. The van der Waals surface area contributed by atoms with Gasteiger partial charge >= 0.3 is 0 Å². The maximum atomic E-state index is 9.02. The van der Waals surface area contributed by atoms with E-state index in [0.29, 0.717) is 5.56 Å². The van der Waals surface area contributed by atoms with Crippen LogP contribution in [-0.4, -0.2) is 29.6 Å². The van der Waals surface area contributed by atoms with Gasteiger partial charge in [0.1, 0.15) is 11.9 Å². The number of aromatic nitrogens is 1. The van der Waals surface area contributed by atoms with Crippen molar-refractivity contribution in [3.05, 3.63) is 23.4 Å². The fraction of sp³-hybridized carbons (Fsp3) is 0.455. The topological polar surface area (TPSA) is 39.9 Å². The molecule has 3 nitrogen and oxygen atoms in total. The smallest absolute Gasteiger partial charge is 0.146 e. The summed E-state index contributed by atoms with van der Waals surface area (Å²) in [6, 6.07) is 5.96. The molecule has 1 aliphatic heterocycles. The van der Waals surface area contributed by atoms with Gasteiger partial charge in [-0.15, -0.1) is 0 Å². The number of hydrogen-bond acceptors (Lipinski definition) is 4. The highest BCUT2D eigenvalue weighted by atomic mass is 32.2. The van der Waals surface area contributed by atoms with Gasteiger partial charge < -0.3 is 4.90 Å². The highest BCUT2D eigenvalue weighted by Gasteiger charge is 2.15. The lowest BCUT2D eigenvalue weighted by Gasteiger charge is -2.28. The third kappa shape index (κ3) is 2.24. The van der Waals surface area contributed by atoms with Crippen LogP contribution >= 0.6 is 11.8 Å². The summed E-state index contributed by atoms with van der Waals surface area (Å²) in [4.78, 5) is 6.67. The molecule has 78 valence electrons. The fourth-order valence-corrected chi connectivity index (χ4v) is 2.55. The monoisotopic (exact) mass is 219 g/mol. The maximum Gasteiger partial charge on any atom is 0.146 e. The Balaban J connectivity index is 2.32. The molecule has 0 aromatic carbocycles. The van der Waals surface area contributed by atoms with Crippen LogP contribution in [-0.2, 0) is 0 Å². The molecule has 15 heavy (non-hydrogen) atoms. The summed E-state index contributed by atoms with van der Waals surface area (Å²) in [6.07, 6.45) is 0. The molecule has 1 aromatic rings. The van der Waals surface area contributed by atoms with Gasteiger partial charge in [-0.05, 0) is 19.1 Å². The molecule has 0 saturated carbocycles. The van der Waals surface area contributed by atoms with E-state index in [1.165, 1.54) is 0 Å². The number of anilines is 1. The van der Waals surface area contributed by atoms with E-state index < -0.39 is 0 Å². The van der Waals surface area contributed by atoms with Crippen molar-refractivity contribution in [3.8, 4) is 6.07 Å². The van der Waals surface area contributed by atoms with E-state index in [1.807, 2.05) is 30.8 Å². The van der Waals surface area contributed by atoms with E-state index in [0.717, 1.165) is 36.1 Å². The van der Waals surface area contributed by atoms with Crippen LogP contribution in [0, 0.1) is 18.3 Å². The van der Waals surface area contributed by atoms with Gasteiger partial charge in [0, 0.05) is 30.3 Å². The van der Waals surface area contributed by atoms with Crippen LogP contribution < -0.4 is 4.90 Å². The second-order valence-corrected chi connectivity index (χ2v) is 4.76. The Bertz CT molecular complexity index is 391. The summed E-state index contributed by atoms with van der Waals surface area (Å²) >= 11 is 1.96. The number of rotatable bonds is 1. The molecule has 0 spiro atoms. The molecule has 0 bridgehead atoms. The summed E-state index contributed by atoms with van der Waals surface area (Å²) in [5, 5.41) is 9.02. The Morgan fingerprint density at radius 3 is 2.80 bits per heavy atom. The molecule has 0 N–H and O–H groups in total. The molecule has 1 fully saturated rings. The first-order valence-electron chi connectivity index (χ1n) is 5.01. The normalized spacial score (nSPS) is 16.1. The number of nitriles is 1. The minimum absolute atomic E-state index is 0.688. The van der Waals surface area contributed by atoms with E-state index in [-0.39, 0.29) is 0 Å². The van der Waals surface area contributed by atoms with Crippen molar-refractivity contribution < 1.29 is 0 Å². The van der Waals surface area contributed by atoms with Crippen molar-refractivity contribution in [2.45, 2.75) is 6.92 Å². The molecule has 0 unspecified atom stereocenters. The van der Waals surface area contributed by atoms with Crippen molar-refractivity contribution in [2.24, 2.45) is 0 Å². The van der Waals surface area contributed by atoms with E-state index >= 15 is 0 Å². The molecule has 0 radical (unpaired) electrons. The zero-order valence-corrected chi connectivity index (χ0v) is 9.55. The molecule has 0 aliphatic carbocycles. The predicted octanol–water partition coefficient (Wildman–Crippen LogP) is 1.81. The largest absolute Gasteiger partial charge is 0.354 e. The van der Waals surface area contributed by atoms with E-state index in [4.69, 9.17) is 5.26 Å². The Kier molecular flexibility index (Phi) is 3.12. The van der Waals surface area contributed by atoms with Crippen molar-refractivity contribution in [1.29, 1.82) is 5.26 Å². The van der Waals surface area contributed by atoms with Gasteiger partial charge in [-0.1, -0.05) is 0 Å². The van der Waals surface area contributed by atoms with Crippen molar-refractivity contribution in [1.82, 2.24) is 4.98 Å². The van der Waals surface area contributed by atoms with E-state index in [1.54, 1.807) is 0 Å². The third-order valence-corrected chi connectivity index (χ3v) is 3.39. The zero-order valence-electron chi connectivity index (χ0n) is 8.73. The maximum absolute atomic E-state index is 9.02. The quantitative estimate of drug-likeness (QED) is 0.722. The Labute approximate surface area is 94.1 Å². The van der Waals surface area contributed by atoms with Crippen molar-refractivity contribution >= 4 is 17.6 Å². The minimum atomic E-state index is 0.688. The van der Waals surface area contributed by atoms with Gasteiger partial charge in [-0.3, -0.25) is 0 Å². The van der Waals surface area contributed by atoms with Gasteiger partial charge in [-0.2, -0.15) is 17.0 Å². The first-order chi connectivity index (χ1) is 7.31. The van der Waals surface area contributed by atoms with Gasteiger partial charge in [0.25, 0.3) is 0 Å². The van der Waals surface area contributed by atoms with Crippen molar-refractivity contribution in [3.63, 3.8) is 0 Å². The third-order valence-electron chi connectivity index (χ3n) is 2.45. The highest BCUT2D eigenvalue weighted by molar-refractivity contribution is 7.99. The van der Waals surface area contributed by atoms with E-state index in [9.17, 15) is 0 Å². The number of thioether (sulfide) groups is 1. The van der Waals surface area contributed by atoms with Gasteiger partial charge in [0.2, 0.25) is 0 Å². The molecular weight excluding hydrogens is 206 g/mol. The molecule has 1 saturated heterocycles. The molecule has 2 heterocycles. The number of pyridine rings is 1. The standard InChI is InChI=1S/C11H13N3S/c1-9-2-3-10(8-12)11(13-9)14-4-6-15-7-5-14/h2-3H,4-7H2,1H3. The van der Waals surface area contributed by atoms with Crippen LogP contribution in [0.2, 0.25) is 0 Å². The lowest BCUT2D eigenvalue weighted by Crippen LogP contribution is -2.33. The van der Waals surface area contributed by atoms with Crippen LogP contribution in [0.3, 0.4) is 0 Å². The summed E-state index contributed by atoms with van der Waals surface area (Å²) in [7, 11) is 0. The molecule has 2 rings (SSSR count). The fourth-order valence-electron chi connectivity index (χ4n) is 1.65. The molecular formula is C11H13N3S. The zero-order chi connectivity index (χ0) is 10.7. The molecule has 0 amide bonds. The number of nitrogens with zero attached hydrogens (tertiary/aromatic N) is 3. The molecule has 1 aromatic heterocycles. The average Bonchev–Trinajstić information content (AvgIpc) is 2.30. The summed E-state index contributed by atoms with van der Waals surface area (Å²) in [6.45, 7) is 3.95. The summed E-state index contributed by atoms with van der Waals surface area (Å²) < 4.78 is 0. The van der Waals surface area contributed by atoms with Gasteiger partial charge in [0.15, 0.2) is 0 Å². The minimum Gasteiger partial charge on any atom is -0.354 e. The first kappa shape index (κ1) is 10.3. The molecule has 1 aliphatic rings. The van der Waals surface area contributed by atoms with Gasteiger partial charge in [-0.25, -0.2) is 4.98 Å². The average molecular weight is 219 g/mol. The number of aryl methyl sites for hydroxylation is 1.